The monoisotopic (exact) mass is 362 g/mol. The molecule has 4 amide bonds. The predicted molar refractivity (Wildman–Crippen MR) is 91.8 cm³/mol. The van der Waals surface area contributed by atoms with Gasteiger partial charge in [-0.15, -0.1) is 11.8 Å². The Bertz CT molecular complexity index is 800. The first-order valence-corrected chi connectivity index (χ1v) is 8.73. The molecule has 1 atom stereocenters. The lowest BCUT2D eigenvalue weighted by atomic mass is 10.1. The first kappa shape index (κ1) is 17.5. The van der Waals surface area contributed by atoms with Gasteiger partial charge in [-0.25, -0.2) is 14.6 Å². The summed E-state index contributed by atoms with van der Waals surface area (Å²) in [5, 5.41) is 0. The van der Waals surface area contributed by atoms with E-state index in [1.54, 1.807) is 45.0 Å². The van der Waals surface area contributed by atoms with Crippen LogP contribution < -0.4 is 4.90 Å². The summed E-state index contributed by atoms with van der Waals surface area (Å²) in [6, 6.07) is 6.67. The summed E-state index contributed by atoms with van der Waals surface area (Å²) < 4.78 is 5.34. The Morgan fingerprint density at radius 3 is 2.44 bits per heavy atom. The third-order valence-electron chi connectivity index (χ3n) is 3.86. The van der Waals surface area contributed by atoms with E-state index in [4.69, 9.17) is 4.74 Å². The molecule has 1 fully saturated rings. The van der Waals surface area contributed by atoms with Crippen LogP contribution in [0, 0.1) is 0 Å². The quantitative estimate of drug-likeness (QED) is 0.704. The molecular weight excluding hydrogens is 344 g/mol. The number of para-hydroxylation sites is 1. The normalized spacial score (nSPS) is 22.6. The number of fused-ring (bicyclic) bond motifs is 2. The summed E-state index contributed by atoms with van der Waals surface area (Å²) in [6.45, 7) is 6.31. The van der Waals surface area contributed by atoms with E-state index >= 15 is 0 Å². The van der Waals surface area contributed by atoms with E-state index in [2.05, 4.69) is 0 Å². The van der Waals surface area contributed by atoms with Crippen molar-refractivity contribution in [3.05, 3.63) is 29.8 Å². The fourth-order valence-corrected chi connectivity index (χ4v) is 4.32. The standard InChI is InChI=1S/C17H18N2O5S/c1-10(20)18-12-8-6-5-7-11(12)17(14(18)22)19(13(21)9-25-17)15(23)24-16(2,3)4/h5-8H,9H2,1-4H3/t17-/m1/s1. The first-order chi connectivity index (χ1) is 11.6. The van der Waals surface area contributed by atoms with Crippen LogP contribution in [0.3, 0.4) is 0 Å². The van der Waals surface area contributed by atoms with Gasteiger partial charge in [-0.05, 0) is 26.8 Å². The van der Waals surface area contributed by atoms with E-state index in [1.165, 1.54) is 6.92 Å². The summed E-state index contributed by atoms with van der Waals surface area (Å²) in [7, 11) is 0. The maximum absolute atomic E-state index is 13.1. The number of hydrogen-bond acceptors (Lipinski definition) is 6. The Morgan fingerprint density at radius 1 is 1.20 bits per heavy atom. The van der Waals surface area contributed by atoms with Crippen molar-refractivity contribution in [2.24, 2.45) is 0 Å². The van der Waals surface area contributed by atoms with Gasteiger partial charge in [0, 0.05) is 12.5 Å². The van der Waals surface area contributed by atoms with Crippen LogP contribution in [0.1, 0.15) is 33.3 Å². The average molecular weight is 362 g/mol. The fourth-order valence-electron chi connectivity index (χ4n) is 3.01. The minimum Gasteiger partial charge on any atom is -0.443 e. The Morgan fingerprint density at radius 2 is 1.84 bits per heavy atom. The molecule has 0 saturated carbocycles. The number of imide groups is 2. The summed E-state index contributed by atoms with van der Waals surface area (Å²) in [5.74, 6) is -1.67. The molecule has 1 spiro atoms. The number of anilines is 1. The molecule has 1 saturated heterocycles. The van der Waals surface area contributed by atoms with Crippen LogP contribution in [0.5, 0.6) is 0 Å². The van der Waals surface area contributed by atoms with Crippen molar-refractivity contribution in [3.63, 3.8) is 0 Å². The highest BCUT2D eigenvalue weighted by Gasteiger charge is 2.64. The molecule has 0 bridgehead atoms. The second-order valence-electron chi connectivity index (χ2n) is 6.82. The molecule has 132 valence electrons. The number of carbonyl (C=O) groups is 4. The van der Waals surface area contributed by atoms with Gasteiger partial charge in [0.2, 0.25) is 16.7 Å². The number of amides is 4. The van der Waals surface area contributed by atoms with Gasteiger partial charge in [-0.1, -0.05) is 18.2 Å². The van der Waals surface area contributed by atoms with Gasteiger partial charge in [0.25, 0.3) is 5.91 Å². The Balaban J connectivity index is 2.16. The second-order valence-corrected chi connectivity index (χ2v) is 7.99. The van der Waals surface area contributed by atoms with Gasteiger partial charge in [0.15, 0.2) is 0 Å². The topological polar surface area (TPSA) is 84.0 Å². The molecule has 25 heavy (non-hydrogen) atoms. The number of rotatable bonds is 0. The van der Waals surface area contributed by atoms with Gasteiger partial charge in [-0.2, -0.15) is 0 Å². The van der Waals surface area contributed by atoms with Crippen LogP contribution in [-0.4, -0.2) is 40.1 Å². The molecule has 2 aliphatic rings. The van der Waals surface area contributed by atoms with E-state index in [1.807, 2.05) is 0 Å². The van der Waals surface area contributed by atoms with Gasteiger partial charge in [0.05, 0.1) is 11.4 Å². The third-order valence-corrected chi connectivity index (χ3v) is 5.25. The van der Waals surface area contributed by atoms with E-state index in [0.717, 1.165) is 21.6 Å². The summed E-state index contributed by atoms with van der Waals surface area (Å²) in [4.78, 5) is 50.6. The first-order valence-electron chi connectivity index (χ1n) is 7.74. The molecule has 2 heterocycles. The molecule has 3 rings (SSSR count). The van der Waals surface area contributed by atoms with Crippen LogP contribution in [0.4, 0.5) is 10.5 Å². The van der Waals surface area contributed by atoms with Crippen molar-refractivity contribution >= 4 is 41.3 Å². The average Bonchev–Trinajstić information content (AvgIpc) is 2.95. The smallest absolute Gasteiger partial charge is 0.419 e. The van der Waals surface area contributed by atoms with E-state index in [-0.39, 0.29) is 5.75 Å². The van der Waals surface area contributed by atoms with E-state index in [0.29, 0.717) is 11.3 Å². The van der Waals surface area contributed by atoms with Crippen molar-refractivity contribution in [3.8, 4) is 0 Å². The molecule has 7 nitrogen and oxygen atoms in total. The van der Waals surface area contributed by atoms with Crippen LogP contribution >= 0.6 is 11.8 Å². The second kappa shape index (κ2) is 5.59. The molecule has 0 aliphatic carbocycles. The van der Waals surface area contributed by atoms with E-state index in [9.17, 15) is 19.2 Å². The lowest BCUT2D eigenvalue weighted by Gasteiger charge is -2.32. The van der Waals surface area contributed by atoms with Crippen molar-refractivity contribution in [1.29, 1.82) is 0 Å². The zero-order valence-corrected chi connectivity index (χ0v) is 15.2. The third kappa shape index (κ3) is 2.52. The van der Waals surface area contributed by atoms with Crippen LogP contribution in [0.25, 0.3) is 0 Å². The summed E-state index contributed by atoms with van der Waals surface area (Å²) >= 11 is 1.03. The van der Waals surface area contributed by atoms with Crippen molar-refractivity contribution in [2.75, 3.05) is 10.7 Å². The van der Waals surface area contributed by atoms with Gasteiger partial charge in [0.1, 0.15) is 5.60 Å². The molecule has 1 aromatic carbocycles. The van der Waals surface area contributed by atoms with Crippen molar-refractivity contribution in [1.82, 2.24) is 4.90 Å². The lowest BCUT2D eigenvalue weighted by molar-refractivity contribution is -0.138. The zero-order valence-electron chi connectivity index (χ0n) is 14.4. The Labute approximate surface area is 149 Å². The van der Waals surface area contributed by atoms with Crippen LogP contribution in [0.15, 0.2) is 24.3 Å². The Hall–Kier alpha value is -2.35. The maximum Gasteiger partial charge on any atom is 0.419 e. The minimum absolute atomic E-state index is 0.0505. The number of benzene rings is 1. The highest BCUT2D eigenvalue weighted by Crippen LogP contribution is 2.54. The van der Waals surface area contributed by atoms with Crippen LogP contribution in [0.2, 0.25) is 0 Å². The van der Waals surface area contributed by atoms with Gasteiger partial charge < -0.3 is 4.74 Å². The molecule has 8 heteroatoms. The van der Waals surface area contributed by atoms with Crippen molar-refractivity contribution in [2.45, 2.75) is 38.2 Å². The molecule has 0 radical (unpaired) electrons. The Kier molecular flexibility index (Phi) is 3.90. The molecule has 2 aliphatic heterocycles. The number of ether oxygens (including phenoxy) is 1. The highest BCUT2D eigenvalue weighted by atomic mass is 32.2. The number of hydrogen-bond donors (Lipinski definition) is 0. The number of nitrogens with zero attached hydrogens (tertiary/aromatic N) is 2. The molecule has 0 N–H and O–H groups in total. The summed E-state index contributed by atoms with van der Waals surface area (Å²) in [5.41, 5.74) is 0.000396. The molecular formula is C17H18N2O5S. The van der Waals surface area contributed by atoms with Crippen LogP contribution in [-0.2, 0) is 24.0 Å². The zero-order chi connectivity index (χ0) is 18.6. The fraction of sp³-hybridized carbons (Fsp3) is 0.412. The molecule has 0 unspecified atom stereocenters. The van der Waals surface area contributed by atoms with Gasteiger partial charge >= 0.3 is 6.09 Å². The SMILES string of the molecule is CC(=O)N1C(=O)[C@]2(SCC(=O)N2C(=O)OC(C)(C)C)c2ccccc21. The molecule has 0 aromatic heterocycles. The largest absolute Gasteiger partial charge is 0.443 e. The predicted octanol–water partition coefficient (Wildman–Crippen LogP) is 2.24. The van der Waals surface area contributed by atoms with Crippen molar-refractivity contribution < 1.29 is 23.9 Å². The minimum atomic E-state index is -1.60. The highest BCUT2D eigenvalue weighted by molar-refractivity contribution is 8.02. The van der Waals surface area contributed by atoms with Gasteiger partial charge in [-0.3, -0.25) is 14.4 Å². The molecule has 1 aromatic rings. The maximum atomic E-state index is 13.1. The lowest BCUT2D eigenvalue weighted by Crippen LogP contribution is -2.53. The summed E-state index contributed by atoms with van der Waals surface area (Å²) in [6.07, 6.45) is -0.893. The van der Waals surface area contributed by atoms with E-state index < -0.39 is 34.3 Å². The number of carbonyl (C=O) groups excluding carboxylic acids is 4. The number of thioether (sulfide) groups is 1.